The van der Waals surface area contributed by atoms with Crippen LogP contribution in [0.1, 0.15) is 27.7 Å². The van der Waals surface area contributed by atoms with Crippen molar-refractivity contribution in [2.45, 2.75) is 27.7 Å². The summed E-state index contributed by atoms with van der Waals surface area (Å²) in [6.07, 6.45) is 4.10. The minimum absolute atomic E-state index is 0.0940. The van der Waals surface area contributed by atoms with Crippen LogP contribution < -0.4 is 0 Å². The summed E-state index contributed by atoms with van der Waals surface area (Å²) in [5.41, 5.74) is 2.09. The Bertz CT molecular complexity index is 164. The number of hydrogen-bond donors (Lipinski definition) is 0. The van der Waals surface area contributed by atoms with Gasteiger partial charge in [0.1, 0.15) is 6.61 Å². The summed E-state index contributed by atoms with van der Waals surface area (Å²) in [4.78, 5) is 0. The Morgan fingerprint density at radius 2 is 1.91 bits per heavy atom. The van der Waals surface area contributed by atoms with Crippen molar-refractivity contribution in [2.24, 2.45) is 5.92 Å². The molecule has 0 bridgehead atoms. The zero-order chi connectivity index (χ0) is 8.85. The van der Waals surface area contributed by atoms with Gasteiger partial charge in [0.15, 0.2) is 0 Å². The van der Waals surface area contributed by atoms with E-state index in [9.17, 15) is 5.11 Å². The molecular formula is C10H17O. The normalized spacial score (nSPS) is 14.4. The lowest BCUT2D eigenvalue weighted by atomic mass is 10.1. The van der Waals surface area contributed by atoms with Gasteiger partial charge in [0.05, 0.1) is 0 Å². The van der Waals surface area contributed by atoms with Crippen LogP contribution in [0.25, 0.3) is 0 Å². The molecule has 0 heterocycles. The maximum atomic E-state index is 10.4. The third-order valence-electron chi connectivity index (χ3n) is 1.30. The fourth-order valence-electron chi connectivity index (χ4n) is 1.00. The Morgan fingerprint density at radius 3 is 2.27 bits per heavy atom. The van der Waals surface area contributed by atoms with E-state index in [1.807, 2.05) is 19.9 Å². The van der Waals surface area contributed by atoms with E-state index in [1.54, 1.807) is 0 Å². The van der Waals surface area contributed by atoms with Crippen LogP contribution in [0.2, 0.25) is 0 Å². The predicted molar refractivity (Wildman–Crippen MR) is 47.9 cm³/mol. The monoisotopic (exact) mass is 153 g/mol. The molecular weight excluding hydrogens is 136 g/mol. The Kier molecular flexibility index (Phi) is 4.88. The molecule has 0 amide bonds. The van der Waals surface area contributed by atoms with Crippen LogP contribution in [0.4, 0.5) is 0 Å². The zero-order valence-corrected chi connectivity index (χ0v) is 7.85. The van der Waals surface area contributed by atoms with Crippen LogP contribution in [0.3, 0.4) is 0 Å². The number of hydrogen-bond acceptors (Lipinski definition) is 0. The van der Waals surface area contributed by atoms with Gasteiger partial charge in [-0.3, -0.25) is 0 Å². The van der Waals surface area contributed by atoms with Crippen LogP contribution in [0.5, 0.6) is 0 Å². The molecule has 63 valence electrons. The van der Waals surface area contributed by atoms with E-state index in [2.05, 4.69) is 19.9 Å². The van der Waals surface area contributed by atoms with Gasteiger partial charge >= 0.3 is 0 Å². The van der Waals surface area contributed by atoms with E-state index in [4.69, 9.17) is 0 Å². The van der Waals surface area contributed by atoms with Crippen LogP contribution in [-0.4, -0.2) is 6.61 Å². The van der Waals surface area contributed by atoms with Gasteiger partial charge in [-0.15, -0.1) is 0 Å². The summed E-state index contributed by atoms with van der Waals surface area (Å²) in [7, 11) is 0. The SMILES string of the molecule is CC(=C\C(C)C)/C=C(\C)C[O]. The van der Waals surface area contributed by atoms with E-state index in [-0.39, 0.29) is 6.61 Å². The van der Waals surface area contributed by atoms with Gasteiger partial charge < -0.3 is 0 Å². The molecule has 0 aromatic heterocycles. The second kappa shape index (κ2) is 5.14. The van der Waals surface area contributed by atoms with Crippen molar-refractivity contribution in [3.8, 4) is 0 Å². The maximum absolute atomic E-state index is 10.4. The smallest absolute Gasteiger partial charge is 0.103 e. The third-order valence-corrected chi connectivity index (χ3v) is 1.30. The van der Waals surface area contributed by atoms with E-state index in [0.717, 1.165) is 5.57 Å². The fraction of sp³-hybridized carbons (Fsp3) is 0.600. The Labute approximate surface area is 69.4 Å². The summed E-state index contributed by atoms with van der Waals surface area (Å²) < 4.78 is 0. The second-order valence-corrected chi connectivity index (χ2v) is 3.29. The van der Waals surface area contributed by atoms with Crippen LogP contribution in [0.15, 0.2) is 23.3 Å². The maximum Gasteiger partial charge on any atom is 0.103 e. The average Bonchev–Trinajstić information content (AvgIpc) is 1.85. The summed E-state index contributed by atoms with van der Waals surface area (Å²) in [6.45, 7) is 8.06. The third kappa shape index (κ3) is 5.86. The summed E-state index contributed by atoms with van der Waals surface area (Å²) in [5.74, 6) is 0.561. The summed E-state index contributed by atoms with van der Waals surface area (Å²) >= 11 is 0. The van der Waals surface area contributed by atoms with Crippen molar-refractivity contribution in [1.82, 2.24) is 0 Å². The number of rotatable bonds is 3. The van der Waals surface area contributed by atoms with Crippen molar-refractivity contribution in [1.29, 1.82) is 0 Å². The second-order valence-electron chi connectivity index (χ2n) is 3.29. The zero-order valence-electron chi connectivity index (χ0n) is 7.85. The van der Waals surface area contributed by atoms with Gasteiger partial charge in [-0.1, -0.05) is 31.6 Å². The Hall–Kier alpha value is -0.560. The largest absolute Gasteiger partial charge is 0.232 e. The van der Waals surface area contributed by atoms with Crippen molar-refractivity contribution in [2.75, 3.05) is 6.61 Å². The average molecular weight is 153 g/mol. The lowest BCUT2D eigenvalue weighted by molar-refractivity contribution is 0.223. The molecule has 0 aliphatic carbocycles. The quantitative estimate of drug-likeness (QED) is 0.555. The fourth-order valence-corrected chi connectivity index (χ4v) is 1.00. The van der Waals surface area contributed by atoms with Gasteiger partial charge in [-0.2, -0.15) is 0 Å². The highest BCUT2D eigenvalue weighted by Gasteiger charge is 1.90. The molecule has 0 spiro atoms. The highest BCUT2D eigenvalue weighted by molar-refractivity contribution is 5.21. The van der Waals surface area contributed by atoms with Crippen LogP contribution in [0, 0.1) is 5.92 Å². The lowest BCUT2D eigenvalue weighted by Gasteiger charge is -1.98. The molecule has 0 aliphatic heterocycles. The molecule has 0 saturated carbocycles. The van der Waals surface area contributed by atoms with Crippen LogP contribution >= 0.6 is 0 Å². The molecule has 1 radical (unpaired) electrons. The van der Waals surface area contributed by atoms with E-state index in [0.29, 0.717) is 5.92 Å². The summed E-state index contributed by atoms with van der Waals surface area (Å²) in [5, 5.41) is 10.4. The molecule has 0 N–H and O–H groups in total. The van der Waals surface area contributed by atoms with Crippen LogP contribution in [-0.2, 0) is 5.11 Å². The molecule has 0 aromatic carbocycles. The molecule has 11 heavy (non-hydrogen) atoms. The first-order valence-electron chi connectivity index (χ1n) is 4.00. The summed E-state index contributed by atoms with van der Waals surface area (Å²) in [6, 6.07) is 0. The van der Waals surface area contributed by atoms with Crippen molar-refractivity contribution < 1.29 is 5.11 Å². The van der Waals surface area contributed by atoms with Gasteiger partial charge in [0.25, 0.3) is 0 Å². The standard InChI is InChI=1S/C10H17O/c1-8(2)5-9(3)6-10(4)7-11/h5-6,8H,7H2,1-4H3/b9-5+,10-6+. The van der Waals surface area contributed by atoms with Gasteiger partial charge in [-0.05, 0) is 25.3 Å². The first-order valence-corrected chi connectivity index (χ1v) is 4.00. The topological polar surface area (TPSA) is 19.9 Å². The minimum atomic E-state index is -0.0940. The van der Waals surface area contributed by atoms with Gasteiger partial charge in [0, 0.05) is 0 Å². The molecule has 0 aromatic rings. The van der Waals surface area contributed by atoms with E-state index in [1.165, 1.54) is 5.57 Å². The first kappa shape index (κ1) is 10.4. The minimum Gasteiger partial charge on any atom is -0.232 e. The highest BCUT2D eigenvalue weighted by atomic mass is 16.3. The molecule has 0 aliphatic rings. The molecule has 0 unspecified atom stereocenters. The lowest BCUT2D eigenvalue weighted by Crippen LogP contribution is -1.85. The first-order chi connectivity index (χ1) is 5.06. The van der Waals surface area contributed by atoms with Crippen molar-refractivity contribution in [3.05, 3.63) is 23.3 Å². The highest BCUT2D eigenvalue weighted by Crippen LogP contribution is 2.05. The van der Waals surface area contributed by atoms with Crippen molar-refractivity contribution >= 4 is 0 Å². The Morgan fingerprint density at radius 1 is 1.36 bits per heavy atom. The van der Waals surface area contributed by atoms with E-state index >= 15 is 0 Å². The molecule has 0 saturated heterocycles. The molecule has 1 heteroatoms. The van der Waals surface area contributed by atoms with Crippen molar-refractivity contribution in [3.63, 3.8) is 0 Å². The molecule has 1 nitrogen and oxygen atoms in total. The molecule has 0 fully saturated rings. The molecule has 0 rings (SSSR count). The number of allylic oxidation sites excluding steroid dienone is 3. The predicted octanol–water partition coefficient (Wildman–Crippen LogP) is 2.97. The molecule has 0 atom stereocenters. The Balaban J connectivity index is 4.15. The van der Waals surface area contributed by atoms with Gasteiger partial charge in [0.2, 0.25) is 0 Å². The van der Waals surface area contributed by atoms with Gasteiger partial charge in [-0.25, -0.2) is 5.11 Å². The van der Waals surface area contributed by atoms with E-state index < -0.39 is 0 Å².